The Morgan fingerprint density at radius 3 is 2.48 bits per heavy atom. The number of benzene rings is 2. The lowest BCUT2D eigenvalue weighted by atomic mass is 10.1. The van der Waals surface area contributed by atoms with E-state index in [2.05, 4.69) is 12.1 Å². The fourth-order valence-corrected chi connectivity index (χ4v) is 2.81. The Bertz CT molecular complexity index is 643. The fraction of sp³-hybridized carbons (Fsp3) is 0.381. The summed E-state index contributed by atoms with van der Waals surface area (Å²) in [6.45, 7) is 2.13. The van der Waals surface area contributed by atoms with Crippen molar-refractivity contribution >= 4 is 11.6 Å². The number of para-hydroxylation sites is 1. The molecule has 2 rings (SSSR count). The summed E-state index contributed by atoms with van der Waals surface area (Å²) in [6, 6.07) is 17.9. The van der Waals surface area contributed by atoms with Crippen LogP contribution in [-0.2, 0) is 22.5 Å². The fourth-order valence-electron chi connectivity index (χ4n) is 2.81. The first-order chi connectivity index (χ1) is 12.2. The van der Waals surface area contributed by atoms with E-state index >= 15 is 0 Å². The molecule has 1 amide bonds. The Balaban J connectivity index is 1.94. The van der Waals surface area contributed by atoms with Crippen LogP contribution < -0.4 is 5.73 Å². The maximum absolute atomic E-state index is 12.7. The molecule has 0 bridgehead atoms. The van der Waals surface area contributed by atoms with E-state index in [-0.39, 0.29) is 5.91 Å². The van der Waals surface area contributed by atoms with Gasteiger partial charge in [0, 0.05) is 38.9 Å². The van der Waals surface area contributed by atoms with Crippen molar-refractivity contribution in [3.05, 3.63) is 65.7 Å². The third-order valence-corrected chi connectivity index (χ3v) is 4.26. The Hall–Kier alpha value is -2.33. The third-order valence-electron chi connectivity index (χ3n) is 4.26. The first-order valence-electron chi connectivity index (χ1n) is 8.84. The van der Waals surface area contributed by atoms with Gasteiger partial charge in [0.1, 0.15) is 0 Å². The maximum Gasteiger partial charge on any atom is 0.223 e. The van der Waals surface area contributed by atoms with E-state index < -0.39 is 0 Å². The van der Waals surface area contributed by atoms with Gasteiger partial charge in [-0.1, -0.05) is 48.5 Å². The number of hydrogen-bond donors (Lipinski definition) is 1. The molecule has 0 atom stereocenters. The average molecular weight is 340 g/mol. The standard InChI is InChI=1S/C21H28N2O2/c1-25-16-8-7-15-23(17-18-9-3-2-4-10-18)21(24)14-13-19-11-5-6-12-20(19)22/h2-6,9-12H,7-8,13-17,22H2,1H3. The quantitative estimate of drug-likeness (QED) is 0.530. The van der Waals surface area contributed by atoms with Crippen molar-refractivity contribution in [3.63, 3.8) is 0 Å². The Kier molecular flexibility index (Phi) is 7.99. The van der Waals surface area contributed by atoms with E-state index in [1.807, 2.05) is 47.4 Å². The van der Waals surface area contributed by atoms with Crippen LogP contribution in [-0.4, -0.2) is 31.1 Å². The maximum atomic E-state index is 12.7. The highest BCUT2D eigenvalue weighted by Gasteiger charge is 2.14. The smallest absolute Gasteiger partial charge is 0.223 e. The summed E-state index contributed by atoms with van der Waals surface area (Å²) < 4.78 is 5.10. The predicted octanol–water partition coefficient (Wildman–Crippen LogP) is 3.66. The van der Waals surface area contributed by atoms with Gasteiger partial charge in [0.15, 0.2) is 0 Å². The molecule has 2 aromatic carbocycles. The number of methoxy groups -OCH3 is 1. The molecule has 0 aliphatic heterocycles. The van der Waals surface area contributed by atoms with Crippen LogP contribution in [0.25, 0.3) is 0 Å². The molecule has 0 radical (unpaired) electrons. The first kappa shape index (κ1) is 19.0. The third kappa shape index (κ3) is 6.59. The number of ether oxygens (including phenoxy) is 1. The van der Waals surface area contributed by atoms with E-state index in [1.54, 1.807) is 7.11 Å². The zero-order chi connectivity index (χ0) is 17.9. The number of hydrogen-bond acceptors (Lipinski definition) is 3. The van der Waals surface area contributed by atoms with Crippen LogP contribution in [0.4, 0.5) is 5.69 Å². The van der Waals surface area contributed by atoms with Crippen molar-refractivity contribution < 1.29 is 9.53 Å². The minimum absolute atomic E-state index is 0.171. The highest BCUT2D eigenvalue weighted by Crippen LogP contribution is 2.15. The van der Waals surface area contributed by atoms with Crippen molar-refractivity contribution in [1.29, 1.82) is 0 Å². The van der Waals surface area contributed by atoms with Crippen LogP contribution in [0, 0.1) is 0 Å². The molecule has 4 nitrogen and oxygen atoms in total. The monoisotopic (exact) mass is 340 g/mol. The van der Waals surface area contributed by atoms with Gasteiger partial charge >= 0.3 is 0 Å². The highest BCUT2D eigenvalue weighted by molar-refractivity contribution is 5.76. The number of nitrogens with two attached hydrogens (primary N) is 1. The molecule has 4 heteroatoms. The van der Waals surface area contributed by atoms with Crippen LogP contribution in [0.15, 0.2) is 54.6 Å². The van der Waals surface area contributed by atoms with Crippen molar-refractivity contribution in [3.8, 4) is 0 Å². The number of amides is 1. The lowest BCUT2D eigenvalue weighted by molar-refractivity contribution is -0.131. The lowest BCUT2D eigenvalue weighted by Gasteiger charge is -2.23. The first-order valence-corrected chi connectivity index (χ1v) is 8.84. The zero-order valence-electron chi connectivity index (χ0n) is 15.0. The average Bonchev–Trinajstić information content (AvgIpc) is 2.64. The normalized spacial score (nSPS) is 10.6. The molecule has 0 aromatic heterocycles. The van der Waals surface area contributed by atoms with E-state index in [1.165, 1.54) is 0 Å². The molecule has 0 saturated heterocycles. The van der Waals surface area contributed by atoms with E-state index in [9.17, 15) is 4.79 Å². The number of rotatable bonds is 10. The molecule has 0 unspecified atom stereocenters. The molecule has 0 fully saturated rings. The zero-order valence-corrected chi connectivity index (χ0v) is 15.0. The molecule has 0 saturated carbocycles. The van der Waals surface area contributed by atoms with E-state index in [0.29, 0.717) is 19.4 Å². The molecule has 0 aliphatic rings. The van der Waals surface area contributed by atoms with E-state index in [0.717, 1.165) is 42.8 Å². The van der Waals surface area contributed by atoms with Gasteiger partial charge in [-0.3, -0.25) is 4.79 Å². The molecular weight excluding hydrogens is 312 g/mol. The van der Waals surface area contributed by atoms with Gasteiger partial charge in [0.05, 0.1) is 0 Å². The Morgan fingerprint density at radius 1 is 1.04 bits per heavy atom. The van der Waals surface area contributed by atoms with Gasteiger partial charge in [-0.15, -0.1) is 0 Å². The Labute approximate surface area is 150 Å². The SMILES string of the molecule is COCCCCN(Cc1ccccc1)C(=O)CCc1ccccc1N. The van der Waals surface area contributed by atoms with Crippen LogP contribution in [0.1, 0.15) is 30.4 Å². The molecular formula is C21H28N2O2. The lowest BCUT2D eigenvalue weighted by Crippen LogP contribution is -2.32. The molecule has 2 N–H and O–H groups in total. The largest absolute Gasteiger partial charge is 0.399 e. The number of nitrogens with zero attached hydrogens (tertiary/aromatic N) is 1. The second-order valence-corrected chi connectivity index (χ2v) is 6.20. The summed E-state index contributed by atoms with van der Waals surface area (Å²) >= 11 is 0. The summed E-state index contributed by atoms with van der Waals surface area (Å²) in [7, 11) is 1.71. The van der Waals surface area contributed by atoms with Crippen molar-refractivity contribution in [2.75, 3.05) is 26.0 Å². The van der Waals surface area contributed by atoms with Crippen molar-refractivity contribution in [2.24, 2.45) is 0 Å². The van der Waals surface area contributed by atoms with Crippen molar-refractivity contribution in [2.45, 2.75) is 32.2 Å². The van der Waals surface area contributed by atoms with Crippen LogP contribution in [0.2, 0.25) is 0 Å². The van der Waals surface area contributed by atoms with Crippen LogP contribution >= 0.6 is 0 Å². The van der Waals surface area contributed by atoms with Gasteiger partial charge in [-0.2, -0.15) is 0 Å². The molecule has 0 heterocycles. The van der Waals surface area contributed by atoms with Gasteiger partial charge in [0.25, 0.3) is 0 Å². The van der Waals surface area contributed by atoms with Crippen LogP contribution in [0.3, 0.4) is 0 Å². The van der Waals surface area contributed by atoms with Gasteiger partial charge < -0.3 is 15.4 Å². The summed E-state index contributed by atoms with van der Waals surface area (Å²) in [5.74, 6) is 0.171. The highest BCUT2D eigenvalue weighted by atomic mass is 16.5. The molecule has 25 heavy (non-hydrogen) atoms. The number of aryl methyl sites for hydroxylation is 1. The van der Waals surface area contributed by atoms with Gasteiger partial charge in [-0.05, 0) is 36.5 Å². The predicted molar refractivity (Wildman–Crippen MR) is 102 cm³/mol. The number of anilines is 1. The van der Waals surface area contributed by atoms with Gasteiger partial charge in [-0.25, -0.2) is 0 Å². The topological polar surface area (TPSA) is 55.6 Å². The summed E-state index contributed by atoms with van der Waals surface area (Å²) in [5, 5.41) is 0. The second-order valence-electron chi connectivity index (χ2n) is 6.20. The number of nitrogen functional groups attached to an aromatic ring is 1. The molecule has 0 spiro atoms. The van der Waals surface area contributed by atoms with E-state index in [4.69, 9.17) is 10.5 Å². The molecule has 0 aliphatic carbocycles. The van der Waals surface area contributed by atoms with Crippen LogP contribution in [0.5, 0.6) is 0 Å². The summed E-state index contributed by atoms with van der Waals surface area (Å²) in [4.78, 5) is 14.7. The molecule has 134 valence electrons. The van der Waals surface area contributed by atoms with Crippen molar-refractivity contribution in [1.82, 2.24) is 4.90 Å². The molecule has 2 aromatic rings. The van der Waals surface area contributed by atoms with Gasteiger partial charge in [0.2, 0.25) is 5.91 Å². The number of carbonyl (C=O) groups is 1. The summed E-state index contributed by atoms with van der Waals surface area (Å²) in [6.07, 6.45) is 3.06. The summed E-state index contributed by atoms with van der Waals surface area (Å²) in [5.41, 5.74) is 8.93. The number of unbranched alkanes of at least 4 members (excludes halogenated alkanes) is 1. The minimum Gasteiger partial charge on any atom is -0.399 e. The minimum atomic E-state index is 0.171. The number of carbonyl (C=O) groups excluding carboxylic acids is 1. The Morgan fingerprint density at radius 2 is 1.76 bits per heavy atom. The second kappa shape index (κ2) is 10.5.